The zero-order valence-corrected chi connectivity index (χ0v) is 13.1. The van der Waals surface area contributed by atoms with Gasteiger partial charge in [-0.25, -0.2) is 4.39 Å². The van der Waals surface area contributed by atoms with Crippen LogP contribution < -0.4 is 5.43 Å². The van der Waals surface area contributed by atoms with Gasteiger partial charge in [0.15, 0.2) is 5.43 Å². The van der Waals surface area contributed by atoms with Crippen LogP contribution in [0.4, 0.5) is 4.39 Å². The standard InChI is InChI=1S/C21H13FO3/c22-16-8-6-13(7-9-16)15-10-17(23)21-18(24)12-19(25-20(21)11-15)14-4-2-1-3-5-14/h1-12,23H. The quantitative estimate of drug-likeness (QED) is 0.564. The van der Waals surface area contributed by atoms with Gasteiger partial charge in [-0.2, -0.15) is 0 Å². The van der Waals surface area contributed by atoms with Crippen LogP contribution >= 0.6 is 0 Å². The average Bonchev–Trinajstić information content (AvgIpc) is 2.62. The topological polar surface area (TPSA) is 50.4 Å². The van der Waals surface area contributed by atoms with Crippen LogP contribution in [-0.4, -0.2) is 5.11 Å². The highest BCUT2D eigenvalue weighted by atomic mass is 19.1. The summed E-state index contributed by atoms with van der Waals surface area (Å²) in [5.74, 6) is -0.0781. The van der Waals surface area contributed by atoms with Gasteiger partial charge >= 0.3 is 0 Å². The van der Waals surface area contributed by atoms with Gasteiger partial charge in [-0.15, -0.1) is 0 Å². The summed E-state index contributed by atoms with van der Waals surface area (Å²) in [6, 6.07) is 19.7. The van der Waals surface area contributed by atoms with Crippen LogP contribution in [-0.2, 0) is 0 Å². The van der Waals surface area contributed by atoms with Crippen molar-refractivity contribution in [1.82, 2.24) is 0 Å². The maximum Gasteiger partial charge on any atom is 0.197 e. The van der Waals surface area contributed by atoms with Crippen LogP contribution in [0.2, 0.25) is 0 Å². The number of halogens is 1. The first kappa shape index (κ1) is 15.1. The highest BCUT2D eigenvalue weighted by Gasteiger charge is 2.13. The van der Waals surface area contributed by atoms with Gasteiger partial charge in [-0.05, 0) is 35.4 Å². The van der Waals surface area contributed by atoms with Gasteiger partial charge in [-0.1, -0.05) is 42.5 Å². The molecule has 0 spiro atoms. The van der Waals surface area contributed by atoms with Crippen molar-refractivity contribution in [3.8, 4) is 28.2 Å². The van der Waals surface area contributed by atoms with Gasteiger partial charge in [0.1, 0.15) is 28.3 Å². The fourth-order valence-electron chi connectivity index (χ4n) is 2.82. The average molecular weight is 332 g/mol. The third kappa shape index (κ3) is 2.78. The highest BCUT2D eigenvalue weighted by molar-refractivity contribution is 5.89. The maximum absolute atomic E-state index is 13.1. The number of phenols is 1. The Morgan fingerprint density at radius 2 is 1.52 bits per heavy atom. The normalized spacial score (nSPS) is 10.9. The maximum atomic E-state index is 13.1. The molecule has 0 saturated heterocycles. The predicted molar refractivity (Wildman–Crippen MR) is 95.0 cm³/mol. The van der Waals surface area contributed by atoms with Gasteiger partial charge in [0.05, 0.1) is 0 Å². The molecule has 0 aliphatic heterocycles. The molecule has 0 aliphatic rings. The molecule has 0 aliphatic carbocycles. The Hall–Kier alpha value is -3.40. The Morgan fingerprint density at radius 1 is 0.800 bits per heavy atom. The van der Waals surface area contributed by atoms with Crippen LogP contribution in [0.25, 0.3) is 33.4 Å². The highest BCUT2D eigenvalue weighted by Crippen LogP contribution is 2.32. The second-order valence-electron chi connectivity index (χ2n) is 5.72. The molecule has 0 radical (unpaired) electrons. The molecule has 1 aromatic heterocycles. The van der Waals surface area contributed by atoms with Gasteiger partial charge in [-0.3, -0.25) is 4.79 Å². The molecule has 1 N–H and O–H groups in total. The minimum Gasteiger partial charge on any atom is -0.507 e. The number of phenolic OH excluding ortho intramolecular Hbond substituents is 1. The molecule has 0 bridgehead atoms. The van der Waals surface area contributed by atoms with E-state index >= 15 is 0 Å². The van der Waals surface area contributed by atoms with E-state index in [-0.39, 0.29) is 28.0 Å². The Bertz CT molecular complexity index is 1110. The molecule has 4 aromatic rings. The molecule has 3 nitrogen and oxygen atoms in total. The summed E-state index contributed by atoms with van der Waals surface area (Å²) < 4.78 is 19.0. The van der Waals surface area contributed by atoms with Crippen LogP contribution in [0.15, 0.2) is 82.0 Å². The summed E-state index contributed by atoms with van der Waals surface area (Å²) in [6.07, 6.45) is 0. The van der Waals surface area contributed by atoms with Crippen molar-refractivity contribution in [2.75, 3.05) is 0 Å². The molecule has 0 fully saturated rings. The molecule has 25 heavy (non-hydrogen) atoms. The van der Waals surface area contributed by atoms with Gasteiger partial charge in [0.2, 0.25) is 0 Å². The first-order chi connectivity index (χ1) is 12.1. The number of hydrogen-bond donors (Lipinski definition) is 1. The fraction of sp³-hybridized carbons (Fsp3) is 0. The van der Waals surface area contributed by atoms with E-state index in [1.54, 1.807) is 18.2 Å². The molecule has 0 saturated carbocycles. The number of aromatic hydroxyl groups is 1. The van der Waals surface area contributed by atoms with Crippen molar-refractivity contribution >= 4 is 11.0 Å². The zero-order chi connectivity index (χ0) is 17.4. The van der Waals surface area contributed by atoms with E-state index in [1.165, 1.54) is 24.3 Å². The SMILES string of the molecule is O=c1cc(-c2ccccc2)oc2cc(-c3ccc(F)cc3)cc(O)c12. The minimum absolute atomic E-state index is 0.130. The lowest BCUT2D eigenvalue weighted by molar-refractivity contribution is 0.480. The first-order valence-electron chi connectivity index (χ1n) is 7.74. The first-order valence-corrected chi connectivity index (χ1v) is 7.74. The van der Waals surface area contributed by atoms with Crippen LogP contribution in [0.3, 0.4) is 0 Å². The predicted octanol–water partition coefficient (Wildman–Crippen LogP) is 4.97. The summed E-state index contributed by atoms with van der Waals surface area (Å²) in [7, 11) is 0. The van der Waals surface area contributed by atoms with Crippen molar-refractivity contribution in [1.29, 1.82) is 0 Å². The van der Waals surface area contributed by atoms with Crippen LogP contribution in [0.1, 0.15) is 0 Å². The molecule has 122 valence electrons. The molecular weight excluding hydrogens is 319 g/mol. The van der Waals surface area contributed by atoms with E-state index in [0.29, 0.717) is 16.9 Å². The summed E-state index contributed by atoms with van der Waals surface area (Å²) in [5.41, 5.74) is 2.09. The Kier molecular flexibility index (Phi) is 3.58. The third-order valence-electron chi connectivity index (χ3n) is 4.05. The minimum atomic E-state index is -0.341. The zero-order valence-electron chi connectivity index (χ0n) is 13.1. The third-order valence-corrected chi connectivity index (χ3v) is 4.05. The van der Waals surface area contributed by atoms with E-state index in [4.69, 9.17) is 4.42 Å². The molecule has 1 heterocycles. The van der Waals surface area contributed by atoms with E-state index in [0.717, 1.165) is 5.56 Å². The Labute approximate surface area is 142 Å². The summed E-state index contributed by atoms with van der Waals surface area (Å²) in [4.78, 5) is 12.4. The lowest BCUT2D eigenvalue weighted by Gasteiger charge is -2.08. The fourth-order valence-corrected chi connectivity index (χ4v) is 2.82. The van der Waals surface area contributed by atoms with Crippen molar-refractivity contribution in [2.45, 2.75) is 0 Å². The van der Waals surface area contributed by atoms with Crippen molar-refractivity contribution < 1.29 is 13.9 Å². The van der Waals surface area contributed by atoms with Gasteiger partial charge in [0.25, 0.3) is 0 Å². The monoisotopic (exact) mass is 332 g/mol. The largest absolute Gasteiger partial charge is 0.507 e. The van der Waals surface area contributed by atoms with E-state index in [2.05, 4.69) is 0 Å². The number of benzene rings is 3. The van der Waals surface area contributed by atoms with Gasteiger partial charge < -0.3 is 9.52 Å². The van der Waals surface area contributed by atoms with E-state index < -0.39 is 0 Å². The smallest absolute Gasteiger partial charge is 0.197 e. The second-order valence-corrected chi connectivity index (χ2v) is 5.72. The second kappa shape index (κ2) is 5.91. The lowest BCUT2D eigenvalue weighted by Crippen LogP contribution is -2.01. The summed E-state index contributed by atoms with van der Waals surface area (Å²) in [5, 5.41) is 10.4. The van der Waals surface area contributed by atoms with Crippen molar-refractivity contribution in [3.63, 3.8) is 0 Å². The molecule has 0 atom stereocenters. The molecule has 0 amide bonds. The van der Waals surface area contributed by atoms with Crippen molar-refractivity contribution in [3.05, 3.63) is 88.8 Å². The molecule has 4 rings (SSSR count). The Morgan fingerprint density at radius 3 is 2.24 bits per heavy atom. The lowest BCUT2D eigenvalue weighted by atomic mass is 10.0. The van der Waals surface area contributed by atoms with Crippen LogP contribution in [0.5, 0.6) is 5.75 Å². The number of fused-ring (bicyclic) bond motifs is 1. The van der Waals surface area contributed by atoms with Crippen LogP contribution in [0, 0.1) is 5.82 Å². The molecule has 0 unspecified atom stereocenters. The molecule has 4 heteroatoms. The Balaban J connectivity index is 1.95. The van der Waals surface area contributed by atoms with Gasteiger partial charge in [0, 0.05) is 11.6 Å². The van der Waals surface area contributed by atoms with E-state index in [1.807, 2.05) is 30.3 Å². The number of hydrogen-bond acceptors (Lipinski definition) is 3. The summed E-state index contributed by atoms with van der Waals surface area (Å²) in [6.45, 7) is 0. The van der Waals surface area contributed by atoms with E-state index in [9.17, 15) is 14.3 Å². The van der Waals surface area contributed by atoms with Crippen molar-refractivity contribution in [2.24, 2.45) is 0 Å². The molecular formula is C21H13FO3. The molecule has 3 aromatic carbocycles. The number of rotatable bonds is 2. The summed E-state index contributed by atoms with van der Waals surface area (Å²) >= 11 is 0.